The summed E-state index contributed by atoms with van der Waals surface area (Å²) in [5.74, 6) is 0.496. The van der Waals surface area contributed by atoms with E-state index in [1.807, 2.05) is 23.3 Å². The predicted molar refractivity (Wildman–Crippen MR) is 98.1 cm³/mol. The molecule has 0 radical (unpaired) electrons. The molecular weight excluding hydrogens is 332 g/mol. The van der Waals surface area contributed by atoms with E-state index in [0.717, 1.165) is 64.9 Å². The highest BCUT2D eigenvalue weighted by Gasteiger charge is 2.34. The summed E-state index contributed by atoms with van der Waals surface area (Å²) in [7, 11) is 0. The van der Waals surface area contributed by atoms with E-state index in [1.54, 1.807) is 0 Å². The molecule has 2 aliphatic heterocycles. The van der Waals surface area contributed by atoms with Crippen molar-refractivity contribution in [3.05, 3.63) is 35.9 Å². The Morgan fingerprint density at radius 3 is 2.92 bits per heavy atom. The largest absolute Gasteiger partial charge is 0.381 e. The van der Waals surface area contributed by atoms with Gasteiger partial charge in [0, 0.05) is 26.2 Å². The van der Waals surface area contributed by atoms with E-state index in [1.165, 1.54) is 5.56 Å². The van der Waals surface area contributed by atoms with Crippen LogP contribution in [-0.2, 0) is 25.7 Å². The molecule has 3 rings (SSSR count). The molecule has 6 heteroatoms. The molecule has 2 heterocycles. The Balaban J connectivity index is 1.30. The minimum absolute atomic E-state index is 0.0209. The lowest BCUT2D eigenvalue weighted by Gasteiger charge is -2.24. The van der Waals surface area contributed by atoms with E-state index in [9.17, 15) is 4.79 Å². The average Bonchev–Trinajstić information content (AvgIpc) is 3.30. The molecule has 3 atom stereocenters. The Bertz CT molecular complexity index is 522. The van der Waals surface area contributed by atoms with Crippen LogP contribution in [-0.4, -0.2) is 50.1 Å². The number of rotatable bonds is 11. The maximum absolute atomic E-state index is 10.9. The zero-order valence-electron chi connectivity index (χ0n) is 15.3. The fourth-order valence-corrected chi connectivity index (χ4v) is 3.57. The molecule has 0 bridgehead atoms. The zero-order valence-corrected chi connectivity index (χ0v) is 15.3. The maximum Gasteiger partial charge on any atom is 0.208 e. The second-order valence-corrected chi connectivity index (χ2v) is 7.13. The Labute approximate surface area is 155 Å². The van der Waals surface area contributed by atoms with Crippen molar-refractivity contribution in [3.8, 4) is 0 Å². The highest BCUT2D eigenvalue weighted by Crippen LogP contribution is 2.26. The number of unbranched alkanes of at least 4 members (excludes halogenated alkanes) is 1. The van der Waals surface area contributed by atoms with E-state index >= 15 is 0 Å². The highest BCUT2D eigenvalue weighted by molar-refractivity contribution is 5.46. The van der Waals surface area contributed by atoms with Gasteiger partial charge in [-0.15, -0.1) is 0 Å². The standard InChI is InChI=1S/C20H30N2O4/c23-16-21-20-12-19(26-22(20)13-18-9-11-25-15-18)8-4-5-10-24-14-17-6-2-1-3-7-17/h1-3,6-7,16,18-20H,4-5,8-15H2,(H,21,23). The summed E-state index contributed by atoms with van der Waals surface area (Å²) in [6.07, 6.45) is 5.91. The quantitative estimate of drug-likeness (QED) is 0.484. The fraction of sp³-hybridized carbons (Fsp3) is 0.650. The molecule has 0 saturated carbocycles. The molecule has 6 nitrogen and oxygen atoms in total. The van der Waals surface area contributed by atoms with Crippen molar-refractivity contribution in [2.24, 2.45) is 5.92 Å². The molecule has 2 aliphatic rings. The number of amides is 1. The van der Waals surface area contributed by atoms with Crippen LogP contribution in [0.5, 0.6) is 0 Å². The molecule has 1 amide bonds. The minimum atomic E-state index is -0.0209. The van der Waals surface area contributed by atoms with Crippen LogP contribution in [0.3, 0.4) is 0 Å². The molecule has 1 N–H and O–H groups in total. The molecule has 2 fully saturated rings. The lowest BCUT2D eigenvalue weighted by Crippen LogP contribution is -2.42. The highest BCUT2D eigenvalue weighted by atomic mass is 16.7. The Morgan fingerprint density at radius 1 is 1.27 bits per heavy atom. The SMILES string of the molecule is O=CNC1CC(CCCCOCc2ccccc2)ON1CC1CCOC1. The topological polar surface area (TPSA) is 60.0 Å². The second-order valence-electron chi connectivity index (χ2n) is 7.13. The third-order valence-corrected chi connectivity index (χ3v) is 5.02. The number of hydroxylamine groups is 2. The number of hydrogen-bond acceptors (Lipinski definition) is 5. The van der Waals surface area contributed by atoms with E-state index in [2.05, 4.69) is 17.4 Å². The van der Waals surface area contributed by atoms with Gasteiger partial charge in [0.05, 0.1) is 19.3 Å². The van der Waals surface area contributed by atoms with Crippen LogP contribution in [0.25, 0.3) is 0 Å². The number of nitrogens with one attached hydrogen (secondary N) is 1. The second kappa shape index (κ2) is 10.6. The Hall–Kier alpha value is -1.47. The first-order valence-corrected chi connectivity index (χ1v) is 9.67. The van der Waals surface area contributed by atoms with Crippen molar-refractivity contribution >= 4 is 6.41 Å². The van der Waals surface area contributed by atoms with Crippen molar-refractivity contribution in [3.63, 3.8) is 0 Å². The van der Waals surface area contributed by atoms with Gasteiger partial charge in [-0.25, -0.2) is 0 Å². The van der Waals surface area contributed by atoms with Crippen LogP contribution in [0.2, 0.25) is 0 Å². The van der Waals surface area contributed by atoms with Crippen LogP contribution in [0.1, 0.15) is 37.7 Å². The monoisotopic (exact) mass is 362 g/mol. The van der Waals surface area contributed by atoms with Crippen LogP contribution < -0.4 is 5.32 Å². The van der Waals surface area contributed by atoms with Gasteiger partial charge in [0.15, 0.2) is 0 Å². The first-order valence-electron chi connectivity index (χ1n) is 9.67. The number of carbonyl (C=O) groups excluding carboxylic acids is 1. The van der Waals surface area contributed by atoms with Crippen molar-refractivity contribution in [2.45, 2.75) is 51.0 Å². The molecule has 26 heavy (non-hydrogen) atoms. The number of nitrogens with zero attached hydrogens (tertiary/aromatic N) is 1. The maximum atomic E-state index is 10.9. The molecule has 3 unspecified atom stereocenters. The van der Waals surface area contributed by atoms with Crippen LogP contribution in [0.4, 0.5) is 0 Å². The normalized spacial score (nSPS) is 26.2. The minimum Gasteiger partial charge on any atom is -0.381 e. The number of carbonyl (C=O) groups is 1. The van der Waals surface area contributed by atoms with E-state index in [4.69, 9.17) is 14.3 Å². The van der Waals surface area contributed by atoms with Crippen molar-refractivity contribution in [2.75, 3.05) is 26.4 Å². The van der Waals surface area contributed by atoms with Gasteiger partial charge >= 0.3 is 0 Å². The lowest BCUT2D eigenvalue weighted by atomic mass is 10.1. The van der Waals surface area contributed by atoms with Gasteiger partial charge < -0.3 is 14.8 Å². The summed E-state index contributed by atoms with van der Waals surface area (Å²) in [4.78, 5) is 16.9. The predicted octanol–water partition coefficient (Wildman–Crippen LogP) is 2.49. The molecule has 1 aromatic rings. The molecule has 0 spiro atoms. The van der Waals surface area contributed by atoms with Crippen LogP contribution in [0, 0.1) is 5.92 Å². The molecule has 144 valence electrons. The van der Waals surface area contributed by atoms with Gasteiger partial charge in [-0.3, -0.25) is 9.63 Å². The van der Waals surface area contributed by atoms with Gasteiger partial charge in [0.1, 0.15) is 6.17 Å². The summed E-state index contributed by atoms with van der Waals surface area (Å²) < 4.78 is 11.2. The van der Waals surface area contributed by atoms with E-state index in [-0.39, 0.29) is 12.3 Å². The van der Waals surface area contributed by atoms with Crippen molar-refractivity contribution in [1.82, 2.24) is 10.4 Å². The molecular formula is C20H30N2O4. The van der Waals surface area contributed by atoms with Gasteiger partial charge in [-0.2, -0.15) is 5.06 Å². The Kier molecular flexibility index (Phi) is 7.88. The first kappa shape index (κ1) is 19.3. The average molecular weight is 362 g/mol. The zero-order chi connectivity index (χ0) is 18.0. The fourth-order valence-electron chi connectivity index (χ4n) is 3.57. The summed E-state index contributed by atoms with van der Waals surface area (Å²) in [6.45, 7) is 3.88. The molecule has 0 aliphatic carbocycles. The third-order valence-electron chi connectivity index (χ3n) is 5.02. The molecule has 2 saturated heterocycles. The summed E-state index contributed by atoms with van der Waals surface area (Å²) in [5.41, 5.74) is 1.21. The first-order chi connectivity index (χ1) is 12.8. The summed E-state index contributed by atoms with van der Waals surface area (Å²) in [6, 6.07) is 10.2. The molecule has 1 aromatic carbocycles. The lowest BCUT2D eigenvalue weighted by molar-refractivity contribution is -0.175. The van der Waals surface area contributed by atoms with Gasteiger partial charge in [-0.1, -0.05) is 30.3 Å². The van der Waals surface area contributed by atoms with Crippen molar-refractivity contribution < 1.29 is 19.1 Å². The summed E-state index contributed by atoms with van der Waals surface area (Å²) in [5, 5.41) is 4.83. The van der Waals surface area contributed by atoms with E-state index in [0.29, 0.717) is 12.5 Å². The van der Waals surface area contributed by atoms with Crippen LogP contribution >= 0.6 is 0 Å². The van der Waals surface area contributed by atoms with E-state index < -0.39 is 0 Å². The molecule has 0 aromatic heterocycles. The van der Waals surface area contributed by atoms with Gasteiger partial charge in [-0.05, 0) is 37.2 Å². The summed E-state index contributed by atoms with van der Waals surface area (Å²) >= 11 is 0. The van der Waals surface area contributed by atoms with Gasteiger partial charge in [0.2, 0.25) is 6.41 Å². The Morgan fingerprint density at radius 2 is 2.15 bits per heavy atom. The van der Waals surface area contributed by atoms with Crippen LogP contribution in [0.15, 0.2) is 30.3 Å². The number of ether oxygens (including phenoxy) is 2. The third kappa shape index (κ3) is 6.06. The van der Waals surface area contributed by atoms with Crippen molar-refractivity contribution in [1.29, 1.82) is 0 Å². The smallest absolute Gasteiger partial charge is 0.208 e. The van der Waals surface area contributed by atoms with Gasteiger partial charge in [0.25, 0.3) is 0 Å². The number of benzene rings is 1. The number of hydrogen-bond donors (Lipinski definition) is 1.